The lowest BCUT2D eigenvalue weighted by atomic mass is 10.0. The van der Waals surface area contributed by atoms with E-state index in [0.29, 0.717) is 0 Å². The van der Waals surface area contributed by atoms with Crippen LogP contribution in [0.5, 0.6) is 0 Å². The lowest BCUT2D eigenvalue weighted by Crippen LogP contribution is -1.83. The lowest BCUT2D eigenvalue weighted by Gasteiger charge is -2.03. The van der Waals surface area contributed by atoms with E-state index in [4.69, 9.17) is 0 Å². The minimum atomic E-state index is 1.15. The number of benzene rings is 1. The van der Waals surface area contributed by atoms with Crippen LogP contribution < -0.4 is 0 Å². The van der Waals surface area contributed by atoms with Gasteiger partial charge in [0, 0.05) is 0 Å². The Hall–Kier alpha value is -1.30. The van der Waals surface area contributed by atoms with Gasteiger partial charge in [-0.15, -0.1) is 0 Å². The van der Waals surface area contributed by atoms with Gasteiger partial charge < -0.3 is 0 Å². The average Bonchev–Trinajstić information content (AvgIpc) is 2.33. The van der Waals surface area contributed by atoms with E-state index < -0.39 is 0 Å². The topological polar surface area (TPSA) is 0 Å². The quantitative estimate of drug-likeness (QED) is 0.610. The molecule has 0 N–H and O–H groups in total. The van der Waals surface area contributed by atoms with Gasteiger partial charge in [0.15, 0.2) is 0 Å². The van der Waals surface area contributed by atoms with Crippen LogP contribution in [0.3, 0.4) is 0 Å². The Morgan fingerprint density at radius 3 is 1.80 bits per heavy atom. The predicted octanol–water partition coefficient (Wildman–Crippen LogP) is 5.33. The van der Waals surface area contributed by atoms with E-state index in [2.05, 4.69) is 26.1 Å². The molecule has 0 amide bonds. The Kier molecular flexibility index (Phi) is 11.6. The molecular weight excluding hydrogens is 180 g/mol. The van der Waals surface area contributed by atoms with Crippen LogP contribution in [0.1, 0.15) is 44.4 Å². The van der Waals surface area contributed by atoms with Crippen LogP contribution >= 0.6 is 0 Å². The molecule has 84 valence electrons. The van der Waals surface area contributed by atoms with Gasteiger partial charge in [0.1, 0.15) is 0 Å². The molecule has 1 aromatic carbocycles. The molecule has 15 heavy (non-hydrogen) atoms. The third kappa shape index (κ3) is 5.21. The standard InChI is InChI=1S/C11H12.2C2H6/c1-4-10-8-6-7-9(3)11(10)5-2;2*1-2/h4-8H,1-2H2,3H3;2*1-2H3. The van der Waals surface area contributed by atoms with Gasteiger partial charge in [0.05, 0.1) is 0 Å². The van der Waals surface area contributed by atoms with Crippen molar-refractivity contribution in [3.63, 3.8) is 0 Å². The summed E-state index contributed by atoms with van der Waals surface area (Å²) < 4.78 is 0. The smallest absolute Gasteiger partial charge is 0.0161 e. The monoisotopic (exact) mass is 204 g/mol. The summed E-state index contributed by atoms with van der Waals surface area (Å²) in [4.78, 5) is 0. The van der Waals surface area contributed by atoms with E-state index in [1.54, 1.807) is 0 Å². The molecule has 0 aromatic heterocycles. The van der Waals surface area contributed by atoms with Crippen LogP contribution in [0.25, 0.3) is 12.2 Å². The van der Waals surface area contributed by atoms with E-state index in [0.717, 1.165) is 5.56 Å². The molecular formula is C15H24. The molecule has 0 fully saturated rings. The Morgan fingerprint density at radius 1 is 0.933 bits per heavy atom. The zero-order chi connectivity index (χ0) is 12.3. The normalized spacial score (nSPS) is 7.53. The Morgan fingerprint density at radius 2 is 1.47 bits per heavy atom. The molecule has 0 unspecified atom stereocenters. The van der Waals surface area contributed by atoms with Gasteiger partial charge in [0.2, 0.25) is 0 Å². The predicted molar refractivity (Wildman–Crippen MR) is 74.1 cm³/mol. The third-order valence-corrected chi connectivity index (χ3v) is 1.78. The van der Waals surface area contributed by atoms with Crippen LogP contribution in [0.4, 0.5) is 0 Å². The number of aryl methyl sites for hydroxylation is 1. The Bertz CT molecular complexity index is 282. The molecule has 0 spiro atoms. The molecule has 0 radical (unpaired) electrons. The summed E-state index contributed by atoms with van der Waals surface area (Å²) in [5, 5.41) is 0. The van der Waals surface area contributed by atoms with Gasteiger partial charge in [-0.3, -0.25) is 0 Å². The second-order valence-corrected chi connectivity index (χ2v) is 2.49. The molecule has 0 heterocycles. The highest BCUT2D eigenvalue weighted by atomic mass is 14.0. The second kappa shape index (κ2) is 10.8. The highest BCUT2D eigenvalue weighted by molar-refractivity contribution is 5.65. The first-order valence-electron chi connectivity index (χ1n) is 5.64. The van der Waals surface area contributed by atoms with Gasteiger partial charge in [-0.25, -0.2) is 0 Å². The lowest BCUT2D eigenvalue weighted by molar-refractivity contribution is 1.43. The van der Waals surface area contributed by atoms with E-state index >= 15 is 0 Å². The van der Waals surface area contributed by atoms with E-state index in [-0.39, 0.29) is 0 Å². The number of hydrogen-bond donors (Lipinski definition) is 0. The summed E-state index contributed by atoms with van der Waals surface area (Å²) >= 11 is 0. The second-order valence-electron chi connectivity index (χ2n) is 2.49. The molecule has 0 aliphatic heterocycles. The summed E-state index contributed by atoms with van der Waals surface area (Å²) in [6, 6.07) is 6.14. The number of rotatable bonds is 2. The Labute approximate surface area is 95.3 Å². The zero-order valence-electron chi connectivity index (χ0n) is 10.8. The van der Waals surface area contributed by atoms with Crippen LogP contribution in [0, 0.1) is 6.92 Å². The fourth-order valence-corrected chi connectivity index (χ4v) is 1.16. The maximum atomic E-state index is 3.75. The van der Waals surface area contributed by atoms with Crippen LogP contribution in [-0.2, 0) is 0 Å². The molecule has 0 aliphatic rings. The van der Waals surface area contributed by atoms with Crippen molar-refractivity contribution in [2.75, 3.05) is 0 Å². The van der Waals surface area contributed by atoms with Crippen molar-refractivity contribution >= 4 is 12.2 Å². The molecule has 1 rings (SSSR count). The summed E-state index contributed by atoms with van der Waals surface area (Å²) in [6.45, 7) is 17.6. The number of hydrogen-bond acceptors (Lipinski definition) is 0. The van der Waals surface area contributed by atoms with Crippen molar-refractivity contribution < 1.29 is 0 Å². The fourth-order valence-electron chi connectivity index (χ4n) is 1.16. The highest BCUT2D eigenvalue weighted by Gasteiger charge is 1.96. The van der Waals surface area contributed by atoms with Gasteiger partial charge in [-0.1, -0.05) is 71.2 Å². The van der Waals surface area contributed by atoms with Crippen LogP contribution in [0.15, 0.2) is 31.4 Å². The average molecular weight is 204 g/mol. The first kappa shape index (κ1) is 16.1. The molecule has 0 nitrogen and oxygen atoms in total. The SMILES string of the molecule is C=Cc1cccc(C)c1C=C.CC.CC. The minimum absolute atomic E-state index is 1.15. The van der Waals surface area contributed by atoms with Crippen molar-refractivity contribution in [1.82, 2.24) is 0 Å². The minimum Gasteiger partial charge on any atom is -0.0984 e. The highest BCUT2D eigenvalue weighted by Crippen LogP contribution is 2.15. The van der Waals surface area contributed by atoms with Gasteiger partial charge in [-0.05, 0) is 23.6 Å². The molecule has 0 aliphatic carbocycles. The first-order chi connectivity index (χ1) is 7.29. The molecule has 1 aromatic rings. The van der Waals surface area contributed by atoms with Crippen molar-refractivity contribution in [2.45, 2.75) is 34.6 Å². The van der Waals surface area contributed by atoms with Crippen molar-refractivity contribution in [3.8, 4) is 0 Å². The molecule has 0 saturated heterocycles. The Balaban J connectivity index is 0. The summed E-state index contributed by atoms with van der Waals surface area (Å²) in [6.07, 6.45) is 3.72. The van der Waals surface area contributed by atoms with Crippen LogP contribution in [0.2, 0.25) is 0 Å². The van der Waals surface area contributed by atoms with Crippen molar-refractivity contribution in [2.24, 2.45) is 0 Å². The van der Waals surface area contributed by atoms with Crippen molar-refractivity contribution in [3.05, 3.63) is 48.0 Å². The third-order valence-electron chi connectivity index (χ3n) is 1.78. The fraction of sp³-hybridized carbons (Fsp3) is 0.333. The summed E-state index contributed by atoms with van der Waals surface area (Å²) in [5.41, 5.74) is 3.58. The summed E-state index contributed by atoms with van der Waals surface area (Å²) in [5.74, 6) is 0. The van der Waals surface area contributed by atoms with E-state index in [9.17, 15) is 0 Å². The zero-order valence-corrected chi connectivity index (χ0v) is 10.8. The van der Waals surface area contributed by atoms with Gasteiger partial charge >= 0.3 is 0 Å². The van der Waals surface area contributed by atoms with Crippen LogP contribution in [-0.4, -0.2) is 0 Å². The molecule has 0 atom stereocenters. The van der Waals surface area contributed by atoms with Crippen molar-refractivity contribution in [1.29, 1.82) is 0 Å². The van der Waals surface area contributed by atoms with E-state index in [1.807, 2.05) is 52.0 Å². The van der Waals surface area contributed by atoms with Gasteiger partial charge in [-0.2, -0.15) is 0 Å². The summed E-state index contributed by atoms with van der Waals surface area (Å²) in [7, 11) is 0. The molecule has 0 saturated carbocycles. The maximum Gasteiger partial charge on any atom is -0.0161 e. The molecule has 0 heteroatoms. The maximum absolute atomic E-state index is 3.75. The first-order valence-corrected chi connectivity index (χ1v) is 5.64. The molecule has 0 bridgehead atoms. The van der Waals surface area contributed by atoms with Gasteiger partial charge in [0.25, 0.3) is 0 Å². The largest absolute Gasteiger partial charge is 0.0984 e. The van der Waals surface area contributed by atoms with E-state index in [1.165, 1.54) is 11.1 Å².